The maximum absolute atomic E-state index is 12.2. The van der Waals surface area contributed by atoms with E-state index in [0.29, 0.717) is 5.76 Å². The number of aryl methyl sites for hydroxylation is 2. The van der Waals surface area contributed by atoms with E-state index in [1.807, 2.05) is 6.92 Å². The van der Waals surface area contributed by atoms with Gasteiger partial charge in [-0.05, 0) is 19.8 Å². The van der Waals surface area contributed by atoms with Gasteiger partial charge in [0, 0.05) is 18.3 Å². The van der Waals surface area contributed by atoms with Gasteiger partial charge in [-0.15, -0.1) is 0 Å². The van der Waals surface area contributed by atoms with Gasteiger partial charge in [-0.1, -0.05) is 12.1 Å². The molecule has 1 atom stereocenters. The van der Waals surface area contributed by atoms with Crippen LogP contribution < -0.4 is 4.72 Å². The molecule has 0 aliphatic rings. The minimum absolute atomic E-state index is 0.0790. The summed E-state index contributed by atoms with van der Waals surface area (Å²) < 4.78 is 33.1. The third-order valence-corrected chi connectivity index (χ3v) is 4.76. The third kappa shape index (κ3) is 3.96. The van der Waals surface area contributed by atoms with E-state index in [9.17, 15) is 13.2 Å². The fraction of sp³-hybridized carbons (Fsp3) is 0.462. The number of aromatic nitrogens is 3. The molecule has 0 aliphatic carbocycles. The molecule has 0 aromatic carbocycles. The predicted octanol–water partition coefficient (Wildman–Crippen LogP) is 0.655. The Bertz CT molecular complexity index is 789. The van der Waals surface area contributed by atoms with Gasteiger partial charge in [0.2, 0.25) is 10.0 Å². The van der Waals surface area contributed by atoms with Crippen LogP contribution in [0.25, 0.3) is 0 Å². The van der Waals surface area contributed by atoms with E-state index in [1.165, 1.54) is 6.20 Å². The number of hydrogen-bond acceptors (Lipinski definition) is 6. The van der Waals surface area contributed by atoms with Crippen molar-refractivity contribution in [2.75, 3.05) is 6.54 Å². The number of nitrogens with one attached hydrogen (secondary N) is 1. The van der Waals surface area contributed by atoms with Crippen LogP contribution in [0.4, 0.5) is 0 Å². The molecule has 0 saturated heterocycles. The lowest BCUT2D eigenvalue weighted by atomic mass is 10.0. The van der Waals surface area contributed by atoms with Crippen molar-refractivity contribution in [3.8, 4) is 0 Å². The van der Waals surface area contributed by atoms with Crippen LogP contribution in [-0.2, 0) is 21.4 Å². The highest BCUT2D eigenvalue weighted by Gasteiger charge is 2.21. The van der Waals surface area contributed by atoms with E-state index in [0.717, 1.165) is 22.1 Å². The molecule has 2 aromatic rings. The maximum atomic E-state index is 12.2. The van der Waals surface area contributed by atoms with Crippen molar-refractivity contribution in [3.05, 3.63) is 29.4 Å². The van der Waals surface area contributed by atoms with Gasteiger partial charge < -0.3 is 9.63 Å². The van der Waals surface area contributed by atoms with E-state index in [4.69, 9.17) is 9.63 Å². The Labute approximate surface area is 133 Å². The summed E-state index contributed by atoms with van der Waals surface area (Å²) in [6.07, 6.45) is 2.29. The predicted molar refractivity (Wildman–Crippen MR) is 79.4 cm³/mol. The topological polar surface area (TPSA) is 127 Å². The third-order valence-electron chi connectivity index (χ3n) is 3.38. The van der Waals surface area contributed by atoms with E-state index >= 15 is 0 Å². The summed E-state index contributed by atoms with van der Waals surface area (Å²) >= 11 is 0. The Hall–Kier alpha value is -2.20. The van der Waals surface area contributed by atoms with Gasteiger partial charge in [0.1, 0.15) is 17.2 Å². The lowest BCUT2D eigenvalue weighted by molar-refractivity contribution is -0.137. The highest BCUT2D eigenvalue weighted by Crippen LogP contribution is 2.22. The summed E-state index contributed by atoms with van der Waals surface area (Å²) in [4.78, 5) is 10.5. The van der Waals surface area contributed by atoms with Crippen molar-refractivity contribution < 1.29 is 22.8 Å². The first-order valence-corrected chi connectivity index (χ1v) is 8.35. The number of sulfonamides is 1. The number of aliphatic carboxylic acids is 1. The van der Waals surface area contributed by atoms with Crippen molar-refractivity contribution in [2.45, 2.75) is 38.1 Å². The van der Waals surface area contributed by atoms with Crippen molar-refractivity contribution in [1.29, 1.82) is 0 Å². The van der Waals surface area contributed by atoms with Crippen molar-refractivity contribution >= 4 is 16.0 Å². The molecule has 9 nitrogen and oxygen atoms in total. The molecule has 10 heteroatoms. The second kappa shape index (κ2) is 6.50. The first-order valence-electron chi connectivity index (χ1n) is 6.87. The van der Waals surface area contributed by atoms with E-state index in [1.54, 1.807) is 13.8 Å². The Kier molecular flexibility index (Phi) is 4.85. The highest BCUT2D eigenvalue weighted by atomic mass is 32.2. The van der Waals surface area contributed by atoms with E-state index < -0.39 is 22.5 Å². The van der Waals surface area contributed by atoms with Gasteiger partial charge in [0.25, 0.3) is 0 Å². The zero-order valence-electron chi connectivity index (χ0n) is 13.0. The smallest absolute Gasteiger partial charge is 0.325 e. The molecule has 23 heavy (non-hydrogen) atoms. The molecule has 2 aromatic heterocycles. The van der Waals surface area contributed by atoms with Gasteiger partial charge >= 0.3 is 5.97 Å². The monoisotopic (exact) mass is 342 g/mol. The van der Waals surface area contributed by atoms with Crippen molar-refractivity contribution in [3.63, 3.8) is 0 Å². The zero-order valence-corrected chi connectivity index (χ0v) is 13.8. The van der Waals surface area contributed by atoms with Gasteiger partial charge in [0.05, 0.1) is 11.9 Å². The summed E-state index contributed by atoms with van der Waals surface area (Å²) in [5.74, 6) is -0.564. The summed E-state index contributed by atoms with van der Waals surface area (Å²) in [6, 6.07) is 0. The minimum atomic E-state index is -3.76. The maximum Gasteiger partial charge on any atom is 0.325 e. The van der Waals surface area contributed by atoms with Crippen LogP contribution in [0.5, 0.6) is 0 Å². The van der Waals surface area contributed by atoms with Crippen molar-refractivity contribution in [1.82, 2.24) is 19.7 Å². The highest BCUT2D eigenvalue weighted by molar-refractivity contribution is 7.89. The lowest BCUT2D eigenvalue weighted by Crippen LogP contribution is -2.27. The fourth-order valence-corrected chi connectivity index (χ4v) is 3.40. The summed E-state index contributed by atoms with van der Waals surface area (Å²) in [7, 11) is -3.76. The molecule has 1 unspecified atom stereocenters. The quantitative estimate of drug-likeness (QED) is 0.756. The Morgan fingerprint density at radius 2 is 2.17 bits per heavy atom. The standard InChI is InChI=1S/C13H18N4O5S/c1-8(13-9(2)16-22-10(13)3)4-15-23(20,21)11-5-14-17(6-11)7-12(18)19/h5-6,8,15H,4,7H2,1-3H3,(H,18,19). The molecule has 0 fully saturated rings. The molecular formula is C13H18N4O5S. The Balaban J connectivity index is 2.07. The normalized spacial score (nSPS) is 13.2. The molecule has 0 amide bonds. The number of hydrogen-bond donors (Lipinski definition) is 2. The van der Waals surface area contributed by atoms with Gasteiger partial charge in [-0.25, -0.2) is 13.1 Å². The van der Waals surface area contributed by atoms with Gasteiger partial charge in [-0.3, -0.25) is 9.48 Å². The second-order valence-electron chi connectivity index (χ2n) is 5.26. The molecule has 0 saturated carbocycles. The number of nitrogens with zero attached hydrogens (tertiary/aromatic N) is 3. The summed E-state index contributed by atoms with van der Waals surface area (Å²) in [6.45, 7) is 5.20. The molecule has 0 bridgehead atoms. The van der Waals surface area contributed by atoms with Gasteiger partial charge in [-0.2, -0.15) is 5.10 Å². The van der Waals surface area contributed by atoms with Crippen LogP contribution in [0.3, 0.4) is 0 Å². The van der Waals surface area contributed by atoms with Crippen LogP contribution in [0, 0.1) is 13.8 Å². The molecule has 2 N–H and O–H groups in total. The lowest BCUT2D eigenvalue weighted by Gasteiger charge is -2.12. The molecule has 2 rings (SSSR count). The van der Waals surface area contributed by atoms with Gasteiger partial charge in [0.15, 0.2) is 0 Å². The van der Waals surface area contributed by atoms with Crippen molar-refractivity contribution in [2.24, 2.45) is 0 Å². The fourth-order valence-electron chi connectivity index (χ4n) is 2.32. The zero-order chi connectivity index (χ0) is 17.2. The molecular weight excluding hydrogens is 324 g/mol. The Morgan fingerprint density at radius 3 is 2.74 bits per heavy atom. The largest absolute Gasteiger partial charge is 0.480 e. The Morgan fingerprint density at radius 1 is 1.48 bits per heavy atom. The summed E-state index contributed by atoms with van der Waals surface area (Å²) in [5.41, 5.74) is 1.60. The number of carboxylic acid groups (broad SMARTS) is 1. The number of carbonyl (C=O) groups is 1. The second-order valence-corrected chi connectivity index (χ2v) is 7.03. The van der Waals surface area contributed by atoms with Crippen LogP contribution in [0.2, 0.25) is 0 Å². The molecule has 2 heterocycles. The van der Waals surface area contributed by atoms with Crippen LogP contribution in [-0.4, -0.2) is 41.0 Å². The molecule has 0 aliphatic heterocycles. The first-order chi connectivity index (χ1) is 10.7. The average molecular weight is 342 g/mol. The first kappa shape index (κ1) is 17.2. The minimum Gasteiger partial charge on any atom is -0.480 e. The number of rotatable bonds is 7. The molecule has 0 spiro atoms. The van der Waals surface area contributed by atoms with E-state index in [-0.39, 0.29) is 17.4 Å². The number of carboxylic acids is 1. The SMILES string of the molecule is Cc1noc(C)c1C(C)CNS(=O)(=O)c1cnn(CC(=O)O)c1. The van der Waals surface area contributed by atoms with Crippen LogP contribution in [0.1, 0.15) is 29.9 Å². The van der Waals surface area contributed by atoms with E-state index in [2.05, 4.69) is 15.0 Å². The average Bonchev–Trinajstić information content (AvgIpc) is 3.03. The van der Waals surface area contributed by atoms with Crippen LogP contribution >= 0.6 is 0 Å². The molecule has 126 valence electrons. The molecule has 0 radical (unpaired) electrons. The van der Waals surface area contributed by atoms with Crippen LogP contribution in [0.15, 0.2) is 21.8 Å². The summed E-state index contributed by atoms with van der Waals surface area (Å²) in [5, 5.41) is 16.2.